The monoisotopic (exact) mass is 335 g/mol. The van der Waals surface area contributed by atoms with Crippen LogP contribution in [-0.2, 0) is 6.54 Å². The van der Waals surface area contributed by atoms with E-state index in [2.05, 4.69) is 45.1 Å². The first kappa shape index (κ1) is 16.3. The molecule has 0 radical (unpaired) electrons. The standard InChI is InChI=1S/C21H25N3O/c25-21(18-10-4-5-13-22-18)24-15-7-12-20(24)19-11-6-14-23(19)16-17-8-2-1-3-9-17/h1-5,8-10,13,19-20H,6-7,11-12,14-16H2/t19-,20+/m1/s1. The topological polar surface area (TPSA) is 36.4 Å². The van der Waals surface area contributed by atoms with Crippen LogP contribution in [0.2, 0.25) is 0 Å². The molecule has 3 heterocycles. The van der Waals surface area contributed by atoms with Crippen molar-refractivity contribution in [3.63, 3.8) is 0 Å². The second kappa shape index (κ2) is 7.36. The van der Waals surface area contributed by atoms with E-state index in [9.17, 15) is 4.79 Å². The quantitative estimate of drug-likeness (QED) is 0.860. The summed E-state index contributed by atoms with van der Waals surface area (Å²) in [4.78, 5) is 21.8. The summed E-state index contributed by atoms with van der Waals surface area (Å²) in [6.45, 7) is 2.96. The molecular formula is C21H25N3O. The molecule has 25 heavy (non-hydrogen) atoms. The lowest BCUT2D eigenvalue weighted by Gasteiger charge is -2.35. The van der Waals surface area contributed by atoms with Crippen molar-refractivity contribution in [1.29, 1.82) is 0 Å². The van der Waals surface area contributed by atoms with E-state index < -0.39 is 0 Å². The van der Waals surface area contributed by atoms with Gasteiger partial charge < -0.3 is 4.90 Å². The first-order chi connectivity index (χ1) is 12.3. The van der Waals surface area contributed by atoms with E-state index >= 15 is 0 Å². The molecular weight excluding hydrogens is 310 g/mol. The summed E-state index contributed by atoms with van der Waals surface area (Å²) in [5.74, 6) is 0.0923. The zero-order valence-corrected chi connectivity index (χ0v) is 14.6. The van der Waals surface area contributed by atoms with Gasteiger partial charge in [-0.3, -0.25) is 14.7 Å². The molecule has 4 rings (SSSR count). The number of amides is 1. The number of carbonyl (C=O) groups is 1. The molecule has 1 aromatic carbocycles. The van der Waals surface area contributed by atoms with Gasteiger partial charge in [0.05, 0.1) is 0 Å². The molecule has 1 amide bonds. The molecule has 0 N–H and O–H groups in total. The summed E-state index contributed by atoms with van der Waals surface area (Å²) in [6.07, 6.45) is 6.31. The SMILES string of the molecule is O=C(c1ccccn1)N1CCC[C@H]1[C@H]1CCCN1Cc1ccccc1. The van der Waals surface area contributed by atoms with Crippen molar-refractivity contribution in [1.82, 2.24) is 14.8 Å². The molecule has 1 aromatic heterocycles. The van der Waals surface area contributed by atoms with Gasteiger partial charge in [0, 0.05) is 31.4 Å². The molecule has 2 fully saturated rings. The van der Waals surface area contributed by atoms with Crippen molar-refractivity contribution < 1.29 is 4.79 Å². The molecule has 0 aliphatic carbocycles. The minimum atomic E-state index is 0.0923. The van der Waals surface area contributed by atoms with Crippen molar-refractivity contribution in [3.05, 3.63) is 66.0 Å². The van der Waals surface area contributed by atoms with Gasteiger partial charge in [0.15, 0.2) is 0 Å². The maximum Gasteiger partial charge on any atom is 0.272 e. The molecule has 4 nitrogen and oxygen atoms in total. The molecule has 0 unspecified atom stereocenters. The molecule has 0 bridgehead atoms. The van der Waals surface area contributed by atoms with Gasteiger partial charge >= 0.3 is 0 Å². The Balaban J connectivity index is 1.50. The Hall–Kier alpha value is -2.20. The number of hydrogen-bond acceptors (Lipinski definition) is 3. The van der Waals surface area contributed by atoms with Crippen molar-refractivity contribution in [2.24, 2.45) is 0 Å². The van der Waals surface area contributed by atoms with Gasteiger partial charge in [0.1, 0.15) is 5.69 Å². The van der Waals surface area contributed by atoms with Gasteiger partial charge in [-0.25, -0.2) is 0 Å². The molecule has 2 aliphatic rings. The Bertz CT molecular complexity index is 704. The first-order valence-corrected chi connectivity index (χ1v) is 9.33. The maximum absolute atomic E-state index is 12.9. The maximum atomic E-state index is 12.9. The lowest BCUT2D eigenvalue weighted by Crippen LogP contribution is -2.48. The van der Waals surface area contributed by atoms with Crippen LogP contribution in [0, 0.1) is 0 Å². The summed E-state index contributed by atoms with van der Waals surface area (Å²) in [7, 11) is 0. The highest BCUT2D eigenvalue weighted by Crippen LogP contribution is 2.31. The zero-order chi connectivity index (χ0) is 17.1. The fourth-order valence-corrected chi connectivity index (χ4v) is 4.38. The predicted molar refractivity (Wildman–Crippen MR) is 98.2 cm³/mol. The normalized spacial score (nSPS) is 23.9. The van der Waals surface area contributed by atoms with Crippen molar-refractivity contribution >= 4 is 5.91 Å². The second-order valence-electron chi connectivity index (χ2n) is 7.09. The van der Waals surface area contributed by atoms with Crippen LogP contribution >= 0.6 is 0 Å². The Morgan fingerprint density at radius 3 is 2.52 bits per heavy atom. The number of benzene rings is 1. The summed E-state index contributed by atoms with van der Waals surface area (Å²) in [5.41, 5.74) is 1.93. The van der Waals surface area contributed by atoms with Crippen LogP contribution in [0.3, 0.4) is 0 Å². The van der Waals surface area contributed by atoms with Crippen LogP contribution in [0.5, 0.6) is 0 Å². The van der Waals surface area contributed by atoms with Crippen molar-refractivity contribution in [3.8, 4) is 0 Å². The highest BCUT2D eigenvalue weighted by atomic mass is 16.2. The summed E-state index contributed by atoms with van der Waals surface area (Å²) < 4.78 is 0. The second-order valence-corrected chi connectivity index (χ2v) is 7.09. The zero-order valence-electron chi connectivity index (χ0n) is 14.6. The van der Waals surface area contributed by atoms with E-state index in [1.165, 1.54) is 18.4 Å². The van der Waals surface area contributed by atoms with Gasteiger partial charge in [-0.05, 0) is 49.9 Å². The van der Waals surface area contributed by atoms with Gasteiger partial charge in [0.25, 0.3) is 5.91 Å². The molecule has 2 saturated heterocycles. The molecule has 0 saturated carbocycles. The summed E-state index contributed by atoms with van der Waals surface area (Å²) in [6, 6.07) is 17.0. The van der Waals surface area contributed by atoms with Crippen LogP contribution in [0.4, 0.5) is 0 Å². The lowest BCUT2D eigenvalue weighted by molar-refractivity contribution is 0.0633. The number of likely N-dealkylation sites (tertiary alicyclic amines) is 2. The number of aromatic nitrogens is 1. The van der Waals surface area contributed by atoms with Crippen molar-refractivity contribution in [2.75, 3.05) is 13.1 Å². The molecule has 130 valence electrons. The Morgan fingerprint density at radius 1 is 0.960 bits per heavy atom. The minimum absolute atomic E-state index is 0.0923. The third kappa shape index (κ3) is 3.45. The fraction of sp³-hybridized carbons (Fsp3) is 0.429. The molecule has 0 spiro atoms. The molecule has 2 aromatic rings. The van der Waals surface area contributed by atoms with Gasteiger partial charge in [-0.15, -0.1) is 0 Å². The fourth-order valence-electron chi connectivity index (χ4n) is 4.38. The third-order valence-corrected chi connectivity index (χ3v) is 5.53. The Labute approximate surface area is 149 Å². The smallest absolute Gasteiger partial charge is 0.272 e. The number of hydrogen-bond donors (Lipinski definition) is 0. The molecule has 4 heteroatoms. The number of rotatable bonds is 4. The molecule has 2 atom stereocenters. The average molecular weight is 335 g/mol. The van der Waals surface area contributed by atoms with E-state index in [0.717, 1.165) is 32.5 Å². The highest BCUT2D eigenvalue weighted by Gasteiger charge is 2.40. The van der Waals surface area contributed by atoms with Gasteiger partial charge in [-0.1, -0.05) is 36.4 Å². The van der Waals surface area contributed by atoms with Crippen LogP contribution in [0.15, 0.2) is 54.7 Å². The first-order valence-electron chi connectivity index (χ1n) is 9.33. The van der Waals surface area contributed by atoms with Crippen molar-refractivity contribution in [2.45, 2.75) is 44.3 Å². The van der Waals surface area contributed by atoms with E-state index in [0.29, 0.717) is 17.8 Å². The average Bonchev–Trinajstić information content (AvgIpc) is 3.31. The Kier molecular flexibility index (Phi) is 4.79. The third-order valence-electron chi connectivity index (χ3n) is 5.53. The summed E-state index contributed by atoms with van der Waals surface area (Å²) in [5, 5.41) is 0. The number of carbonyl (C=O) groups excluding carboxylic acids is 1. The largest absolute Gasteiger partial charge is 0.333 e. The summed E-state index contributed by atoms with van der Waals surface area (Å²) >= 11 is 0. The van der Waals surface area contributed by atoms with Gasteiger partial charge in [0.2, 0.25) is 0 Å². The lowest BCUT2D eigenvalue weighted by atomic mass is 10.0. The van der Waals surface area contributed by atoms with Crippen LogP contribution < -0.4 is 0 Å². The Morgan fingerprint density at radius 2 is 1.72 bits per heavy atom. The number of pyridine rings is 1. The van der Waals surface area contributed by atoms with E-state index in [1.807, 2.05) is 18.2 Å². The van der Waals surface area contributed by atoms with E-state index in [4.69, 9.17) is 0 Å². The number of nitrogens with zero attached hydrogens (tertiary/aromatic N) is 3. The van der Waals surface area contributed by atoms with Gasteiger partial charge in [-0.2, -0.15) is 0 Å². The van der Waals surface area contributed by atoms with E-state index in [-0.39, 0.29) is 5.91 Å². The molecule has 2 aliphatic heterocycles. The van der Waals surface area contributed by atoms with E-state index in [1.54, 1.807) is 6.20 Å². The predicted octanol–water partition coefficient (Wildman–Crippen LogP) is 3.35. The van der Waals surface area contributed by atoms with Crippen LogP contribution in [-0.4, -0.2) is 45.9 Å². The van der Waals surface area contributed by atoms with Crippen LogP contribution in [0.25, 0.3) is 0 Å². The van der Waals surface area contributed by atoms with Crippen LogP contribution in [0.1, 0.15) is 41.7 Å². The minimum Gasteiger partial charge on any atom is -0.333 e. The highest BCUT2D eigenvalue weighted by molar-refractivity contribution is 5.92.